The van der Waals surface area contributed by atoms with Crippen LogP contribution in [-0.2, 0) is 6.61 Å². The van der Waals surface area contributed by atoms with Crippen molar-refractivity contribution in [1.82, 2.24) is 24.8 Å². The molecule has 1 N–H and O–H groups in total. The Balaban J connectivity index is 1.24. The first kappa shape index (κ1) is 23.4. The first-order valence-electron chi connectivity index (χ1n) is 11.4. The number of ether oxygens (including phenoxy) is 3. The molecule has 0 unspecified atom stereocenters. The van der Waals surface area contributed by atoms with Gasteiger partial charge in [0.05, 0.1) is 43.8 Å². The van der Waals surface area contributed by atoms with Gasteiger partial charge in [-0.1, -0.05) is 12.1 Å². The molecule has 0 atom stereocenters. The normalized spacial score (nSPS) is 11.1. The molecule has 190 valence electrons. The molecule has 6 aromatic rings. The van der Waals surface area contributed by atoms with Crippen molar-refractivity contribution in [3.05, 3.63) is 78.2 Å². The van der Waals surface area contributed by atoms with Gasteiger partial charge in [0.25, 0.3) is 11.1 Å². The molecule has 6 rings (SSSR count). The molecule has 0 fully saturated rings. The molecule has 0 saturated heterocycles. The van der Waals surface area contributed by atoms with Gasteiger partial charge in [0.1, 0.15) is 29.4 Å². The minimum absolute atomic E-state index is 0.257. The Hall–Kier alpha value is -4.97. The Morgan fingerprint density at radius 3 is 2.82 bits per heavy atom. The molecule has 4 aromatic heterocycles. The van der Waals surface area contributed by atoms with Crippen LogP contribution in [0.25, 0.3) is 27.4 Å². The summed E-state index contributed by atoms with van der Waals surface area (Å²) in [5.74, 6) is 1.49. The number of aromatic nitrogens is 5. The van der Waals surface area contributed by atoms with E-state index < -0.39 is 0 Å². The number of hydrogen-bond acceptors (Lipinski definition) is 10. The highest BCUT2D eigenvalue weighted by atomic mass is 32.1. The molecule has 0 spiro atoms. The van der Waals surface area contributed by atoms with Crippen molar-refractivity contribution >= 4 is 38.9 Å². The molecule has 1 amide bonds. The molecule has 0 aliphatic carbocycles. The number of carbonyl (C=O) groups excluding carboxylic acids is 1. The van der Waals surface area contributed by atoms with Crippen LogP contribution in [0.5, 0.6) is 16.7 Å². The summed E-state index contributed by atoms with van der Waals surface area (Å²) >= 11 is 1.34. The SMILES string of the molecule is COc1cc(OCc2cccc(NC(=O)c3ccnnc3)c2)c2cc(-c3cn4nc(OC)sc4n3)oc2c1. The number of rotatable bonds is 8. The summed E-state index contributed by atoms with van der Waals surface area (Å²) in [7, 11) is 3.15. The summed E-state index contributed by atoms with van der Waals surface area (Å²) in [5.41, 5.74) is 3.16. The van der Waals surface area contributed by atoms with E-state index in [-0.39, 0.29) is 12.5 Å². The van der Waals surface area contributed by atoms with Gasteiger partial charge in [0, 0.05) is 17.8 Å². The van der Waals surface area contributed by atoms with E-state index in [1.165, 1.54) is 23.7 Å². The fraction of sp³-hybridized carbons (Fsp3) is 0.115. The second-order valence-electron chi connectivity index (χ2n) is 8.15. The van der Waals surface area contributed by atoms with Crippen LogP contribution in [-0.4, -0.2) is 44.9 Å². The maximum atomic E-state index is 12.5. The summed E-state index contributed by atoms with van der Waals surface area (Å²) in [6, 6.07) is 14.5. The lowest BCUT2D eigenvalue weighted by Crippen LogP contribution is -2.12. The number of furan rings is 1. The maximum Gasteiger partial charge on any atom is 0.294 e. The van der Waals surface area contributed by atoms with E-state index in [9.17, 15) is 4.79 Å². The average molecular weight is 529 g/mol. The molecule has 2 aromatic carbocycles. The molecule has 0 aliphatic heterocycles. The number of amides is 1. The number of benzene rings is 2. The number of nitrogens with zero attached hydrogens (tertiary/aromatic N) is 5. The third-order valence-electron chi connectivity index (χ3n) is 5.69. The standard InChI is InChI=1S/C26H20N6O5S/c1-34-18-9-21(36-14-15-4-3-5-17(8-15)29-24(33)16-6-7-27-28-12-16)19-11-23(37-22(19)10-18)20-13-32-25(30-20)38-26(31-32)35-2/h3-13H,14H2,1-2H3,(H,29,33). The third kappa shape index (κ3) is 4.60. The molecular formula is C26H20N6O5S. The predicted octanol–water partition coefficient (Wildman–Crippen LogP) is 4.84. The van der Waals surface area contributed by atoms with E-state index in [1.807, 2.05) is 36.4 Å². The topological polar surface area (TPSA) is 126 Å². The number of hydrogen-bond donors (Lipinski definition) is 1. The Kier molecular flexibility index (Phi) is 6.06. The highest BCUT2D eigenvalue weighted by Crippen LogP contribution is 2.37. The van der Waals surface area contributed by atoms with E-state index in [4.69, 9.17) is 18.6 Å². The van der Waals surface area contributed by atoms with Crippen LogP contribution in [0.3, 0.4) is 0 Å². The number of fused-ring (bicyclic) bond motifs is 2. The van der Waals surface area contributed by atoms with E-state index in [2.05, 4.69) is 25.6 Å². The highest BCUT2D eigenvalue weighted by molar-refractivity contribution is 7.18. The molecule has 38 heavy (non-hydrogen) atoms. The average Bonchev–Trinajstić information content (AvgIpc) is 3.65. The van der Waals surface area contributed by atoms with Gasteiger partial charge in [-0.2, -0.15) is 10.2 Å². The first-order valence-corrected chi connectivity index (χ1v) is 12.2. The predicted molar refractivity (Wildman–Crippen MR) is 140 cm³/mol. The summed E-state index contributed by atoms with van der Waals surface area (Å²) in [6.45, 7) is 0.257. The number of imidazole rings is 1. The van der Waals surface area contributed by atoms with E-state index in [0.29, 0.717) is 49.9 Å². The summed E-state index contributed by atoms with van der Waals surface area (Å²) in [4.78, 5) is 17.8. The quantitative estimate of drug-likeness (QED) is 0.295. The number of anilines is 1. The van der Waals surface area contributed by atoms with Crippen LogP contribution >= 0.6 is 11.3 Å². The molecule has 0 aliphatic rings. The summed E-state index contributed by atoms with van der Waals surface area (Å²) in [6.07, 6.45) is 4.67. The van der Waals surface area contributed by atoms with E-state index in [0.717, 1.165) is 10.9 Å². The van der Waals surface area contributed by atoms with Gasteiger partial charge < -0.3 is 23.9 Å². The fourth-order valence-electron chi connectivity index (χ4n) is 3.86. The van der Waals surface area contributed by atoms with Crippen LogP contribution < -0.4 is 19.5 Å². The second kappa shape index (κ2) is 9.82. The van der Waals surface area contributed by atoms with Crippen molar-refractivity contribution in [2.24, 2.45) is 0 Å². The Morgan fingerprint density at radius 2 is 2.03 bits per heavy atom. The molecule has 0 bridgehead atoms. The van der Waals surface area contributed by atoms with Gasteiger partial charge in [0.15, 0.2) is 5.76 Å². The van der Waals surface area contributed by atoms with Gasteiger partial charge >= 0.3 is 0 Å². The van der Waals surface area contributed by atoms with Crippen molar-refractivity contribution in [3.8, 4) is 28.1 Å². The van der Waals surface area contributed by atoms with Crippen LogP contribution in [0.4, 0.5) is 5.69 Å². The zero-order chi connectivity index (χ0) is 26.1. The smallest absolute Gasteiger partial charge is 0.294 e. The van der Waals surface area contributed by atoms with Gasteiger partial charge in [-0.25, -0.2) is 9.50 Å². The monoisotopic (exact) mass is 528 g/mol. The minimum atomic E-state index is -0.272. The Bertz CT molecular complexity index is 1730. The van der Waals surface area contributed by atoms with Gasteiger partial charge in [-0.3, -0.25) is 4.79 Å². The van der Waals surface area contributed by atoms with Crippen LogP contribution in [0, 0.1) is 0 Å². The lowest BCUT2D eigenvalue weighted by Gasteiger charge is -2.11. The molecule has 12 heteroatoms. The van der Waals surface area contributed by atoms with Crippen molar-refractivity contribution in [3.63, 3.8) is 0 Å². The first-order chi connectivity index (χ1) is 18.6. The molecule has 0 saturated carbocycles. The van der Waals surface area contributed by atoms with E-state index >= 15 is 0 Å². The number of methoxy groups -OCH3 is 2. The van der Waals surface area contributed by atoms with Crippen molar-refractivity contribution in [2.45, 2.75) is 6.61 Å². The van der Waals surface area contributed by atoms with Crippen molar-refractivity contribution < 1.29 is 23.4 Å². The Labute approximate surface area is 219 Å². The molecular weight excluding hydrogens is 508 g/mol. The third-order valence-corrected chi connectivity index (χ3v) is 6.57. The zero-order valence-corrected chi connectivity index (χ0v) is 21.1. The lowest BCUT2D eigenvalue weighted by molar-refractivity contribution is 0.102. The van der Waals surface area contributed by atoms with Crippen LogP contribution in [0.1, 0.15) is 15.9 Å². The van der Waals surface area contributed by atoms with Crippen LogP contribution in [0.15, 0.2) is 71.5 Å². The minimum Gasteiger partial charge on any atom is -0.496 e. The maximum absolute atomic E-state index is 12.5. The zero-order valence-electron chi connectivity index (χ0n) is 20.2. The molecule has 0 radical (unpaired) electrons. The van der Waals surface area contributed by atoms with Gasteiger partial charge in [0.2, 0.25) is 4.96 Å². The molecule has 11 nitrogen and oxygen atoms in total. The fourth-order valence-corrected chi connectivity index (χ4v) is 4.56. The summed E-state index contributed by atoms with van der Waals surface area (Å²) in [5, 5.41) is 15.9. The van der Waals surface area contributed by atoms with Crippen LogP contribution in [0.2, 0.25) is 0 Å². The second-order valence-corrected chi connectivity index (χ2v) is 9.07. The highest BCUT2D eigenvalue weighted by Gasteiger charge is 2.17. The van der Waals surface area contributed by atoms with Crippen molar-refractivity contribution in [2.75, 3.05) is 19.5 Å². The van der Waals surface area contributed by atoms with Gasteiger partial charge in [-0.05, 0) is 41.2 Å². The number of carbonyl (C=O) groups is 1. The molecule has 4 heterocycles. The Morgan fingerprint density at radius 1 is 1.11 bits per heavy atom. The van der Waals surface area contributed by atoms with Crippen molar-refractivity contribution in [1.29, 1.82) is 0 Å². The largest absolute Gasteiger partial charge is 0.496 e. The number of nitrogens with one attached hydrogen (secondary N) is 1. The van der Waals surface area contributed by atoms with E-state index in [1.54, 1.807) is 37.1 Å². The van der Waals surface area contributed by atoms with Gasteiger partial charge in [-0.15, -0.1) is 5.10 Å². The lowest BCUT2D eigenvalue weighted by atomic mass is 10.2. The summed E-state index contributed by atoms with van der Waals surface area (Å²) < 4.78 is 24.6.